The van der Waals surface area contributed by atoms with E-state index in [9.17, 15) is 9.59 Å². The fourth-order valence-corrected chi connectivity index (χ4v) is 2.18. The number of hydrogen-bond acceptors (Lipinski definition) is 5. The van der Waals surface area contributed by atoms with Crippen LogP contribution >= 0.6 is 0 Å². The van der Waals surface area contributed by atoms with Crippen LogP contribution in [-0.2, 0) is 6.54 Å². The maximum atomic E-state index is 12.2. The lowest BCUT2D eigenvalue weighted by Gasteiger charge is -2.13. The minimum absolute atomic E-state index is 0.107. The molecule has 3 rings (SSSR count). The van der Waals surface area contributed by atoms with E-state index in [2.05, 4.69) is 15.4 Å². The monoisotopic (exact) mass is 314 g/mol. The zero-order valence-corrected chi connectivity index (χ0v) is 12.3. The van der Waals surface area contributed by atoms with Crippen LogP contribution in [0.5, 0.6) is 0 Å². The van der Waals surface area contributed by atoms with Gasteiger partial charge in [-0.3, -0.25) is 9.48 Å². The number of carboxylic acids is 1. The van der Waals surface area contributed by atoms with Crippen molar-refractivity contribution in [2.75, 3.05) is 0 Å². The maximum Gasteiger partial charge on any atom is 0.338 e. The van der Waals surface area contributed by atoms with Crippen LogP contribution in [0.2, 0.25) is 0 Å². The summed E-state index contributed by atoms with van der Waals surface area (Å²) >= 11 is 0. The lowest BCUT2D eigenvalue weighted by Crippen LogP contribution is -2.36. The molecule has 2 N–H and O–H groups in total. The lowest BCUT2D eigenvalue weighted by atomic mass is 10.2. The van der Waals surface area contributed by atoms with Crippen molar-refractivity contribution in [3.8, 4) is 0 Å². The number of pyridine rings is 1. The summed E-state index contributed by atoms with van der Waals surface area (Å²) in [6.45, 7) is 2.16. The Hall–Kier alpha value is -3.16. The molecular weight excluding hydrogens is 300 g/mol. The molecule has 0 aliphatic rings. The molecule has 1 unspecified atom stereocenters. The summed E-state index contributed by atoms with van der Waals surface area (Å²) in [5.74, 6) is -1.35. The van der Waals surface area contributed by atoms with Crippen molar-refractivity contribution < 1.29 is 19.1 Å². The Bertz CT molecular complexity index is 867. The second-order valence-electron chi connectivity index (χ2n) is 5.13. The van der Waals surface area contributed by atoms with Gasteiger partial charge in [0.1, 0.15) is 11.2 Å². The first-order valence-electron chi connectivity index (χ1n) is 6.94. The molecule has 0 aromatic carbocycles. The van der Waals surface area contributed by atoms with Gasteiger partial charge >= 0.3 is 5.97 Å². The van der Waals surface area contributed by atoms with Gasteiger partial charge in [-0.1, -0.05) is 0 Å². The van der Waals surface area contributed by atoms with E-state index >= 15 is 0 Å². The van der Waals surface area contributed by atoms with E-state index < -0.39 is 5.97 Å². The molecule has 0 fully saturated rings. The molecule has 0 saturated carbocycles. The van der Waals surface area contributed by atoms with Crippen molar-refractivity contribution in [2.45, 2.75) is 19.5 Å². The molecule has 23 heavy (non-hydrogen) atoms. The average Bonchev–Trinajstić information content (AvgIpc) is 3.14. The highest BCUT2D eigenvalue weighted by Gasteiger charge is 2.14. The number of nitrogens with one attached hydrogen (secondary N) is 1. The molecule has 0 spiro atoms. The van der Waals surface area contributed by atoms with Gasteiger partial charge in [0.25, 0.3) is 5.91 Å². The minimum Gasteiger partial charge on any atom is -0.478 e. The van der Waals surface area contributed by atoms with Crippen molar-refractivity contribution in [1.82, 2.24) is 20.1 Å². The Labute approximate surface area is 130 Å². The molecule has 0 saturated heterocycles. The predicted octanol–water partition coefficient (Wildman–Crippen LogP) is 1.54. The van der Waals surface area contributed by atoms with Gasteiger partial charge in [0.05, 0.1) is 24.6 Å². The molecule has 8 nitrogen and oxygen atoms in total. The molecule has 0 bridgehead atoms. The second kappa shape index (κ2) is 5.91. The minimum atomic E-state index is -1.04. The van der Waals surface area contributed by atoms with Gasteiger partial charge in [-0.05, 0) is 19.1 Å². The number of nitrogens with zero attached hydrogens (tertiary/aromatic N) is 3. The molecule has 0 aliphatic heterocycles. The van der Waals surface area contributed by atoms with Crippen LogP contribution in [0.25, 0.3) is 11.1 Å². The molecule has 0 radical (unpaired) electrons. The third kappa shape index (κ3) is 3.20. The van der Waals surface area contributed by atoms with Gasteiger partial charge in [-0.2, -0.15) is 5.10 Å². The predicted molar refractivity (Wildman–Crippen MR) is 80.1 cm³/mol. The quantitative estimate of drug-likeness (QED) is 0.739. The van der Waals surface area contributed by atoms with E-state index in [1.165, 1.54) is 23.3 Å². The van der Waals surface area contributed by atoms with E-state index in [-0.39, 0.29) is 23.2 Å². The normalized spacial score (nSPS) is 12.2. The van der Waals surface area contributed by atoms with E-state index in [1.54, 1.807) is 25.1 Å². The summed E-state index contributed by atoms with van der Waals surface area (Å²) in [7, 11) is 0. The number of carbonyl (C=O) groups is 2. The van der Waals surface area contributed by atoms with Crippen molar-refractivity contribution in [3.05, 3.63) is 48.1 Å². The van der Waals surface area contributed by atoms with E-state index in [0.717, 1.165) is 0 Å². The molecular formula is C15H14N4O4. The molecule has 3 aromatic rings. The first-order valence-corrected chi connectivity index (χ1v) is 6.94. The summed E-state index contributed by atoms with van der Waals surface area (Å²) in [4.78, 5) is 27.2. The maximum absolute atomic E-state index is 12.2. The fraction of sp³-hybridized carbons (Fsp3) is 0.200. The number of hydrogen-bond donors (Lipinski definition) is 2. The van der Waals surface area contributed by atoms with Gasteiger partial charge in [-0.15, -0.1) is 0 Å². The third-order valence-corrected chi connectivity index (χ3v) is 3.26. The summed E-state index contributed by atoms with van der Waals surface area (Å²) in [5, 5.41) is 15.6. The van der Waals surface area contributed by atoms with Crippen LogP contribution in [-0.4, -0.2) is 37.8 Å². The van der Waals surface area contributed by atoms with Crippen LogP contribution in [0.15, 0.2) is 41.3 Å². The van der Waals surface area contributed by atoms with Crippen LogP contribution in [0, 0.1) is 0 Å². The number of carbonyl (C=O) groups excluding carboxylic acids is 1. The topological polar surface area (TPSA) is 110 Å². The van der Waals surface area contributed by atoms with Gasteiger partial charge in [0.2, 0.25) is 0 Å². The van der Waals surface area contributed by atoms with Crippen molar-refractivity contribution in [3.63, 3.8) is 0 Å². The van der Waals surface area contributed by atoms with Gasteiger partial charge in [-0.25, -0.2) is 9.78 Å². The Balaban J connectivity index is 1.65. The van der Waals surface area contributed by atoms with Crippen LogP contribution in [0.1, 0.15) is 27.8 Å². The Morgan fingerprint density at radius 3 is 2.96 bits per heavy atom. The number of rotatable bonds is 5. The third-order valence-electron chi connectivity index (χ3n) is 3.26. The highest BCUT2D eigenvalue weighted by Crippen LogP contribution is 2.13. The van der Waals surface area contributed by atoms with Crippen molar-refractivity contribution in [1.29, 1.82) is 0 Å². The Morgan fingerprint density at radius 2 is 2.22 bits per heavy atom. The number of furan rings is 1. The SMILES string of the molecule is CC(Cn1cc(C(=O)O)cn1)NC(=O)c1ccc2occc2n1. The summed E-state index contributed by atoms with van der Waals surface area (Å²) in [6.07, 6.45) is 4.20. The number of aromatic nitrogens is 3. The first kappa shape index (κ1) is 14.8. The molecule has 118 valence electrons. The number of aromatic carboxylic acids is 1. The molecule has 0 aliphatic carbocycles. The molecule has 1 amide bonds. The number of fused-ring (bicyclic) bond motifs is 1. The Kier molecular flexibility index (Phi) is 3.80. The zero-order chi connectivity index (χ0) is 16.4. The number of carboxylic acid groups (broad SMARTS) is 1. The van der Waals surface area contributed by atoms with E-state index in [4.69, 9.17) is 9.52 Å². The largest absolute Gasteiger partial charge is 0.478 e. The second-order valence-corrected chi connectivity index (χ2v) is 5.13. The molecule has 3 aromatic heterocycles. The van der Waals surface area contributed by atoms with Gasteiger partial charge in [0, 0.05) is 18.3 Å². The smallest absolute Gasteiger partial charge is 0.338 e. The highest BCUT2D eigenvalue weighted by molar-refractivity contribution is 5.94. The Morgan fingerprint density at radius 1 is 1.39 bits per heavy atom. The fourth-order valence-electron chi connectivity index (χ4n) is 2.18. The van der Waals surface area contributed by atoms with Gasteiger partial charge in [0.15, 0.2) is 5.58 Å². The van der Waals surface area contributed by atoms with Gasteiger partial charge < -0.3 is 14.8 Å². The standard InChI is InChI=1S/C15H14N4O4/c1-9(7-19-8-10(6-16-19)15(21)22)17-14(20)12-2-3-13-11(18-12)4-5-23-13/h2-6,8-9H,7H2,1H3,(H,17,20)(H,21,22). The van der Waals surface area contributed by atoms with Crippen molar-refractivity contribution in [2.24, 2.45) is 0 Å². The van der Waals surface area contributed by atoms with E-state index in [0.29, 0.717) is 17.6 Å². The molecule has 3 heterocycles. The summed E-state index contributed by atoms with van der Waals surface area (Å²) in [5.41, 5.74) is 1.63. The summed E-state index contributed by atoms with van der Waals surface area (Å²) in [6, 6.07) is 4.72. The summed E-state index contributed by atoms with van der Waals surface area (Å²) < 4.78 is 6.65. The van der Waals surface area contributed by atoms with Crippen LogP contribution in [0.3, 0.4) is 0 Å². The molecule has 8 heteroatoms. The average molecular weight is 314 g/mol. The molecule has 1 atom stereocenters. The zero-order valence-electron chi connectivity index (χ0n) is 12.3. The lowest BCUT2D eigenvalue weighted by molar-refractivity contribution is 0.0696. The first-order chi connectivity index (χ1) is 11.0. The van der Waals surface area contributed by atoms with Crippen LogP contribution in [0.4, 0.5) is 0 Å². The van der Waals surface area contributed by atoms with E-state index in [1.807, 2.05) is 0 Å². The highest BCUT2D eigenvalue weighted by atomic mass is 16.4. The number of amides is 1. The van der Waals surface area contributed by atoms with Crippen molar-refractivity contribution >= 4 is 23.0 Å². The van der Waals surface area contributed by atoms with Crippen LogP contribution < -0.4 is 5.32 Å².